The second-order valence-electron chi connectivity index (χ2n) is 3.02. The molecule has 1 N–H and O–H groups in total. The van der Waals surface area contributed by atoms with Gasteiger partial charge in [0.15, 0.2) is 5.76 Å². The van der Waals surface area contributed by atoms with Crippen molar-refractivity contribution >= 4 is 11.6 Å². The van der Waals surface area contributed by atoms with E-state index >= 15 is 0 Å². The van der Waals surface area contributed by atoms with Crippen LogP contribution in [0.1, 0.15) is 37.2 Å². The zero-order valence-corrected chi connectivity index (χ0v) is 8.41. The number of furan rings is 1. The van der Waals surface area contributed by atoms with Crippen LogP contribution in [0.15, 0.2) is 27.9 Å². The Morgan fingerprint density at radius 2 is 2.43 bits per heavy atom. The van der Waals surface area contributed by atoms with Crippen LogP contribution in [0.4, 0.5) is 0 Å². The van der Waals surface area contributed by atoms with Gasteiger partial charge in [-0.05, 0) is 25.5 Å². The summed E-state index contributed by atoms with van der Waals surface area (Å²) < 4.78 is 4.91. The van der Waals surface area contributed by atoms with Gasteiger partial charge in [0.05, 0.1) is 6.26 Å². The molecule has 0 saturated carbocycles. The molecule has 0 spiro atoms. The Bertz CT molecular complexity index is 315. The van der Waals surface area contributed by atoms with Crippen LogP contribution in [-0.4, -0.2) is 11.6 Å². The van der Waals surface area contributed by atoms with Crippen molar-refractivity contribution in [1.82, 2.24) is 5.43 Å². The van der Waals surface area contributed by atoms with E-state index in [0.29, 0.717) is 0 Å². The zero-order valence-electron chi connectivity index (χ0n) is 8.41. The van der Waals surface area contributed by atoms with Crippen LogP contribution in [0, 0.1) is 0 Å². The van der Waals surface area contributed by atoms with Crippen LogP contribution in [0.3, 0.4) is 0 Å². The van der Waals surface area contributed by atoms with Crippen molar-refractivity contribution in [3.63, 3.8) is 0 Å². The molecule has 0 aliphatic heterocycles. The van der Waals surface area contributed by atoms with Gasteiger partial charge in [-0.2, -0.15) is 5.10 Å². The van der Waals surface area contributed by atoms with Crippen molar-refractivity contribution in [2.45, 2.75) is 26.7 Å². The fraction of sp³-hybridized carbons (Fsp3) is 0.400. The highest BCUT2D eigenvalue weighted by Crippen LogP contribution is 1.99. The van der Waals surface area contributed by atoms with Crippen molar-refractivity contribution in [1.29, 1.82) is 0 Å². The fourth-order valence-corrected chi connectivity index (χ4v) is 1.03. The first-order valence-corrected chi connectivity index (χ1v) is 4.61. The quantitative estimate of drug-likeness (QED) is 0.590. The normalized spacial score (nSPS) is 11.4. The summed E-state index contributed by atoms with van der Waals surface area (Å²) in [6.45, 7) is 3.94. The first-order chi connectivity index (χ1) is 6.74. The van der Waals surface area contributed by atoms with E-state index in [9.17, 15) is 4.79 Å². The minimum Gasteiger partial charge on any atom is -0.459 e. The summed E-state index contributed by atoms with van der Waals surface area (Å²) in [4.78, 5) is 11.3. The van der Waals surface area contributed by atoms with Crippen molar-refractivity contribution in [2.24, 2.45) is 5.10 Å². The molecular formula is C10H14N2O2. The molecule has 0 atom stereocenters. The number of nitrogens with zero attached hydrogens (tertiary/aromatic N) is 1. The number of hydrazone groups is 1. The molecule has 1 heterocycles. The molecule has 0 unspecified atom stereocenters. The van der Waals surface area contributed by atoms with E-state index in [1.807, 2.05) is 6.92 Å². The molecule has 0 fully saturated rings. The summed E-state index contributed by atoms with van der Waals surface area (Å²) in [6, 6.07) is 3.26. The predicted octanol–water partition coefficient (Wildman–Crippen LogP) is 2.19. The Morgan fingerprint density at radius 3 is 3.00 bits per heavy atom. The van der Waals surface area contributed by atoms with Crippen LogP contribution < -0.4 is 5.43 Å². The zero-order chi connectivity index (χ0) is 10.4. The van der Waals surface area contributed by atoms with E-state index in [2.05, 4.69) is 17.5 Å². The third-order valence-electron chi connectivity index (χ3n) is 1.71. The molecule has 4 nitrogen and oxygen atoms in total. The topological polar surface area (TPSA) is 54.6 Å². The second kappa shape index (κ2) is 5.21. The standard InChI is InChI=1S/C10H14N2O2/c1-3-5-8(2)11-12-10(13)9-6-4-7-14-9/h4,6-7H,3,5H2,1-2H3,(H,12,13). The Balaban J connectivity index is 2.46. The smallest absolute Gasteiger partial charge is 0.307 e. The van der Waals surface area contributed by atoms with Gasteiger partial charge in [0.1, 0.15) is 0 Å². The van der Waals surface area contributed by atoms with Gasteiger partial charge in [0.2, 0.25) is 0 Å². The molecule has 0 aromatic carbocycles. The largest absolute Gasteiger partial charge is 0.459 e. The maximum Gasteiger partial charge on any atom is 0.307 e. The van der Waals surface area contributed by atoms with Gasteiger partial charge in [-0.1, -0.05) is 13.3 Å². The maximum absolute atomic E-state index is 11.3. The molecule has 14 heavy (non-hydrogen) atoms. The Morgan fingerprint density at radius 1 is 1.64 bits per heavy atom. The van der Waals surface area contributed by atoms with Crippen LogP contribution in [-0.2, 0) is 0 Å². The number of hydrogen-bond donors (Lipinski definition) is 1. The monoisotopic (exact) mass is 194 g/mol. The van der Waals surface area contributed by atoms with E-state index < -0.39 is 0 Å². The van der Waals surface area contributed by atoms with E-state index in [0.717, 1.165) is 18.6 Å². The highest BCUT2D eigenvalue weighted by atomic mass is 16.3. The minimum absolute atomic E-state index is 0.276. The number of hydrogen-bond acceptors (Lipinski definition) is 3. The number of nitrogens with one attached hydrogen (secondary N) is 1. The first kappa shape index (κ1) is 10.5. The Kier molecular flexibility index (Phi) is 3.91. The molecular weight excluding hydrogens is 180 g/mol. The lowest BCUT2D eigenvalue weighted by molar-refractivity contribution is 0.0927. The lowest BCUT2D eigenvalue weighted by Crippen LogP contribution is -2.18. The molecule has 1 rings (SSSR count). The molecule has 4 heteroatoms. The summed E-state index contributed by atoms with van der Waals surface area (Å²) in [5.41, 5.74) is 3.33. The molecule has 1 amide bonds. The average molecular weight is 194 g/mol. The van der Waals surface area contributed by atoms with E-state index in [-0.39, 0.29) is 11.7 Å². The van der Waals surface area contributed by atoms with Gasteiger partial charge >= 0.3 is 5.91 Å². The van der Waals surface area contributed by atoms with Gasteiger partial charge in [-0.3, -0.25) is 4.79 Å². The van der Waals surface area contributed by atoms with E-state index in [1.165, 1.54) is 6.26 Å². The van der Waals surface area contributed by atoms with Gasteiger partial charge in [0, 0.05) is 5.71 Å². The molecule has 0 saturated heterocycles. The van der Waals surface area contributed by atoms with Crippen molar-refractivity contribution < 1.29 is 9.21 Å². The van der Waals surface area contributed by atoms with Crippen molar-refractivity contribution in [3.8, 4) is 0 Å². The van der Waals surface area contributed by atoms with E-state index in [1.54, 1.807) is 12.1 Å². The molecule has 0 aliphatic rings. The molecule has 0 bridgehead atoms. The lowest BCUT2D eigenvalue weighted by atomic mass is 10.2. The number of amides is 1. The van der Waals surface area contributed by atoms with Crippen LogP contribution in [0.5, 0.6) is 0 Å². The molecule has 1 aromatic heterocycles. The van der Waals surface area contributed by atoms with Gasteiger partial charge < -0.3 is 4.42 Å². The van der Waals surface area contributed by atoms with Crippen molar-refractivity contribution in [2.75, 3.05) is 0 Å². The summed E-state index contributed by atoms with van der Waals surface area (Å²) in [5.74, 6) is -0.0384. The fourth-order valence-electron chi connectivity index (χ4n) is 1.03. The number of rotatable bonds is 4. The third-order valence-corrected chi connectivity index (χ3v) is 1.71. The Labute approximate surface area is 83.0 Å². The SMILES string of the molecule is CCCC(C)=NNC(=O)c1ccco1. The third kappa shape index (κ3) is 3.05. The molecule has 0 aliphatic carbocycles. The summed E-state index contributed by atoms with van der Waals surface area (Å²) >= 11 is 0. The molecule has 1 aromatic rings. The van der Waals surface area contributed by atoms with Crippen molar-refractivity contribution in [3.05, 3.63) is 24.2 Å². The van der Waals surface area contributed by atoms with Gasteiger partial charge in [0.25, 0.3) is 0 Å². The Hall–Kier alpha value is -1.58. The summed E-state index contributed by atoms with van der Waals surface area (Å²) in [7, 11) is 0. The highest BCUT2D eigenvalue weighted by Gasteiger charge is 2.06. The lowest BCUT2D eigenvalue weighted by Gasteiger charge is -1.98. The van der Waals surface area contributed by atoms with Gasteiger partial charge in [-0.25, -0.2) is 5.43 Å². The van der Waals surface area contributed by atoms with Crippen LogP contribution in [0.25, 0.3) is 0 Å². The molecule has 76 valence electrons. The van der Waals surface area contributed by atoms with Crippen LogP contribution >= 0.6 is 0 Å². The summed E-state index contributed by atoms with van der Waals surface area (Å²) in [6.07, 6.45) is 3.36. The minimum atomic E-state index is -0.314. The summed E-state index contributed by atoms with van der Waals surface area (Å²) in [5, 5.41) is 3.93. The molecule has 0 radical (unpaired) electrons. The van der Waals surface area contributed by atoms with Gasteiger partial charge in [-0.15, -0.1) is 0 Å². The maximum atomic E-state index is 11.3. The van der Waals surface area contributed by atoms with Crippen LogP contribution in [0.2, 0.25) is 0 Å². The first-order valence-electron chi connectivity index (χ1n) is 4.61. The average Bonchev–Trinajstić information content (AvgIpc) is 2.67. The van der Waals surface area contributed by atoms with E-state index in [4.69, 9.17) is 4.42 Å². The highest BCUT2D eigenvalue weighted by molar-refractivity contribution is 5.92. The number of carbonyl (C=O) groups is 1. The predicted molar refractivity (Wildman–Crippen MR) is 54.2 cm³/mol. The number of carbonyl (C=O) groups excluding carboxylic acids is 1. The second-order valence-corrected chi connectivity index (χ2v) is 3.02.